The number of ether oxygens (including phenoxy) is 1. The van der Waals surface area contributed by atoms with E-state index in [1.165, 1.54) is 12.1 Å². The zero-order valence-corrected chi connectivity index (χ0v) is 20.8. The lowest BCUT2D eigenvalue weighted by Gasteiger charge is -2.30. The number of nitrogens with one attached hydrogen (secondary N) is 2. The van der Waals surface area contributed by atoms with Gasteiger partial charge in [-0.1, -0.05) is 19.1 Å². The Morgan fingerprint density at radius 2 is 1.78 bits per heavy atom. The van der Waals surface area contributed by atoms with Gasteiger partial charge in [-0.2, -0.15) is 18.2 Å². The van der Waals surface area contributed by atoms with Gasteiger partial charge in [-0.3, -0.25) is 0 Å². The van der Waals surface area contributed by atoms with Gasteiger partial charge in [0, 0.05) is 24.7 Å². The van der Waals surface area contributed by atoms with E-state index >= 15 is 0 Å². The van der Waals surface area contributed by atoms with Crippen LogP contribution in [0.4, 0.5) is 27.6 Å². The highest BCUT2D eigenvalue weighted by molar-refractivity contribution is 5.81. The number of rotatable bonds is 5. The van der Waals surface area contributed by atoms with Gasteiger partial charge in [0.25, 0.3) is 0 Å². The zero-order chi connectivity index (χ0) is 26.4. The van der Waals surface area contributed by atoms with Gasteiger partial charge in [0.2, 0.25) is 0 Å². The molecule has 0 spiro atoms. The lowest BCUT2D eigenvalue weighted by molar-refractivity contribution is -0.137. The Hall–Kier alpha value is -2.92. The van der Waals surface area contributed by atoms with Crippen LogP contribution in [0.5, 0.6) is 0 Å². The SMILES string of the molecule is CCCN1C(N=C(NC2OC2c2ccc(F)c(F)c2)NC(C)(C)C)c2ccc(C(F)(F)F)cc2N1C. The fraction of sp³-hybridized carbons (Fsp3) is 0.480. The van der Waals surface area contributed by atoms with E-state index in [1.54, 1.807) is 12.1 Å². The first kappa shape index (κ1) is 26.2. The second-order valence-corrected chi connectivity index (χ2v) is 9.98. The molecule has 6 nitrogen and oxygen atoms in total. The monoisotopic (exact) mass is 511 g/mol. The molecule has 0 aliphatic carbocycles. The molecule has 2 aromatic carbocycles. The van der Waals surface area contributed by atoms with Gasteiger partial charge in [0.05, 0.1) is 11.3 Å². The number of hydrogen-bond donors (Lipinski definition) is 2. The molecule has 36 heavy (non-hydrogen) atoms. The summed E-state index contributed by atoms with van der Waals surface area (Å²) < 4.78 is 72.7. The molecule has 2 heterocycles. The molecular weight excluding hydrogens is 481 g/mol. The van der Waals surface area contributed by atoms with Crippen LogP contribution in [0.2, 0.25) is 0 Å². The zero-order valence-electron chi connectivity index (χ0n) is 20.8. The fourth-order valence-electron chi connectivity index (χ4n) is 4.20. The number of nitrogens with zero attached hydrogens (tertiary/aromatic N) is 3. The molecule has 1 fully saturated rings. The average Bonchev–Trinajstić information content (AvgIpc) is 3.49. The minimum absolute atomic E-state index is 0.379. The highest BCUT2D eigenvalue weighted by Crippen LogP contribution is 2.43. The minimum Gasteiger partial charge on any atom is -0.352 e. The Labute approximate surface area is 207 Å². The van der Waals surface area contributed by atoms with Gasteiger partial charge in [-0.25, -0.2) is 13.8 Å². The van der Waals surface area contributed by atoms with Gasteiger partial charge >= 0.3 is 6.18 Å². The number of epoxide rings is 1. The third-order valence-electron chi connectivity index (χ3n) is 5.89. The van der Waals surface area contributed by atoms with Crippen LogP contribution >= 0.6 is 0 Å². The quantitative estimate of drug-likeness (QED) is 0.241. The number of fused-ring (bicyclic) bond motifs is 1. The summed E-state index contributed by atoms with van der Waals surface area (Å²) in [6.07, 6.45) is -5.30. The van der Waals surface area contributed by atoms with E-state index in [4.69, 9.17) is 9.73 Å². The van der Waals surface area contributed by atoms with Gasteiger partial charge < -0.3 is 20.4 Å². The Balaban J connectivity index is 1.64. The van der Waals surface area contributed by atoms with E-state index in [9.17, 15) is 22.0 Å². The molecule has 2 N–H and O–H groups in total. The summed E-state index contributed by atoms with van der Waals surface area (Å²) in [5.74, 6) is -1.51. The molecule has 1 saturated heterocycles. The predicted molar refractivity (Wildman–Crippen MR) is 127 cm³/mol. The average molecular weight is 512 g/mol. The van der Waals surface area contributed by atoms with Crippen LogP contribution < -0.4 is 15.6 Å². The molecule has 2 aliphatic heterocycles. The number of hydrogen-bond acceptors (Lipinski definition) is 4. The first-order valence-electron chi connectivity index (χ1n) is 11.7. The molecule has 0 saturated carbocycles. The maximum atomic E-state index is 13.7. The van der Waals surface area contributed by atoms with Crippen molar-refractivity contribution in [3.05, 3.63) is 64.7 Å². The molecule has 196 valence electrons. The van der Waals surface area contributed by atoms with E-state index in [-0.39, 0.29) is 0 Å². The van der Waals surface area contributed by atoms with Gasteiger partial charge in [-0.15, -0.1) is 0 Å². The van der Waals surface area contributed by atoms with E-state index in [0.717, 1.165) is 30.7 Å². The Morgan fingerprint density at radius 3 is 2.39 bits per heavy atom. The van der Waals surface area contributed by atoms with Crippen molar-refractivity contribution < 1.29 is 26.7 Å². The first-order chi connectivity index (χ1) is 16.8. The molecule has 0 aromatic heterocycles. The third-order valence-corrected chi connectivity index (χ3v) is 5.89. The molecule has 3 unspecified atom stereocenters. The van der Waals surface area contributed by atoms with Crippen molar-refractivity contribution in [2.45, 2.75) is 64.3 Å². The first-order valence-corrected chi connectivity index (χ1v) is 11.7. The highest BCUT2D eigenvalue weighted by Gasteiger charge is 2.43. The molecule has 0 bridgehead atoms. The van der Waals surface area contributed by atoms with E-state index in [0.29, 0.717) is 29.3 Å². The summed E-state index contributed by atoms with van der Waals surface area (Å²) in [4.78, 5) is 4.87. The molecule has 3 atom stereocenters. The van der Waals surface area contributed by atoms with Crippen molar-refractivity contribution in [2.75, 3.05) is 18.6 Å². The number of benzene rings is 2. The van der Waals surface area contributed by atoms with Crippen LogP contribution in [0.25, 0.3) is 0 Å². The van der Waals surface area contributed by atoms with Crippen molar-refractivity contribution in [3.8, 4) is 0 Å². The number of guanidine groups is 1. The van der Waals surface area contributed by atoms with Gasteiger partial charge in [0.1, 0.15) is 6.10 Å². The van der Waals surface area contributed by atoms with E-state index < -0.39 is 47.4 Å². The fourth-order valence-corrected chi connectivity index (χ4v) is 4.20. The molecule has 2 aromatic rings. The molecule has 11 heteroatoms. The van der Waals surface area contributed by atoms with Crippen LogP contribution in [-0.4, -0.2) is 36.3 Å². The van der Waals surface area contributed by atoms with E-state index in [1.807, 2.05) is 32.7 Å². The summed E-state index contributed by atoms with van der Waals surface area (Å²) in [7, 11) is 1.72. The van der Waals surface area contributed by atoms with Crippen molar-refractivity contribution in [2.24, 2.45) is 4.99 Å². The maximum Gasteiger partial charge on any atom is 0.416 e. The molecule has 4 rings (SSSR count). The molecule has 2 aliphatic rings. The predicted octanol–water partition coefficient (Wildman–Crippen LogP) is 5.49. The second-order valence-electron chi connectivity index (χ2n) is 9.98. The Kier molecular flexibility index (Phi) is 6.91. The van der Waals surface area contributed by atoms with Gasteiger partial charge in [-0.05, 0) is 57.0 Å². The summed E-state index contributed by atoms with van der Waals surface area (Å²) in [6, 6.07) is 7.28. The minimum atomic E-state index is -4.45. The molecular formula is C25H30F5N5O. The summed E-state index contributed by atoms with van der Waals surface area (Å²) in [5, 5.41) is 10.1. The topological polar surface area (TPSA) is 55.4 Å². The summed E-state index contributed by atoms with van der Waals surface area (Å²) >= 11 is 0. The number of aliphatic imine (C=N–C) groups is 1. The van der Waals surface area contributed by atoms with Crippen molar-refractivity contribution in [1.82, 2.24) is 15.6 Å². The second kappa shape index (κ2) is 9.51. The molecule has 0 radical (unpaired) electrons. The van der Waals surface area contributed by atoms with Crippen LogP contribution in [0.1, 0.15) is 63.1 Å². The molecule has 0 amide bonds. The number of hydrazine groups is 1. The Morgan fingerprint density at radius 1 is 1.06 bits per heavy atom. The smallest absolute Gasteiger partial charge is 0.352 e. The normalized spacial score (nSPS) is 22.6. The third kappa shape index (κ3) is 5.57. The van der Waals surface area contributed by atoms with Crippen molar-refractivity contribution in [3.63, 3.8) is 0 Å². The Bertz CT molecular complexity index is 1150. The van der Waals surface area contributed by atoms with Gasteiger partial charge in [0.15, 0.2) is 30.0 Å². The van der Waals surface area contributed by atoms with Crippen LogP contribution in [0, 0.1) is 11.6 Å². The number of alkyl halides is 3. The highest BCUT2D eigenvalue weighted by atomic mass is 19.4. The van der Waals surface area contributed by atoms with Crippen molar-refractivity contribution in [1.29, 1.82) is 0 Å². The standard InChI is InChI=1S/C25H30F5N5O/c1-6-11-35-21(16-9-8-15(25(28,29)30)13-19(16)34(35)5)31-23(33-24(2,3)4)32-22-20(36-22)14-7-10-17(26)18(27)12-14/h7-10,12-13,20-22H,6,11H2,1-5H3,(H2,31,32,33). The summed E-state index contributed by atoms with van der Waals surface area (Å²) in [6.45, 7) is 8.38. The van der Waals surface area contributed by atoms with E-state index in [2.05, 4.69) is 10.6 Å². The van der Waals surface area contributed by atoms with Crippen LogP contribution in [0.3, 0.4) is 0 Å². The van der Waals surface area contributed by atoms with Crippen LogP contribution in [-0.2, 0) is 10.9 Å². The lowest BCUT2D eigenvalue weighted by atomic mass is 10.1. The lowest BCUT2D eigenvalue weighted by Crippen LogP contribution is -2.49. The number of anilines is 1. The summed E-state index contributed by atoms with van der Waals surface area (Å²) in [5.41, 5.74) is 0.439. The van der Waals surface area contributed by atoms with Crippen LogP contribution in [0.15, 0.2) is 41.4 Å². The largest absolute Gasteiger partial charge is 0.416 e. The maximum absolute atomic E-state index is 13.7. The van der Waals surface area contributed by atoms with Crippen molar-refractivity contribution >= 4 is 11.6 Å². The number of halogens is 5.